The van der Waals surface area contributed by atoms with E-state index in [2.05, 4.69) is 10.4 Å². The number of hydrogen-bond acceptors (Lipinski definition) is 6. The minimum atomic E-state index is -3.32. The topological polar surface area (TPSA) is 106 Å². The third-order valence-electron chi connectivity index (χ3n) is 4.55. The van der Waals surface area contributed by atoms with E-state index in [9.17, 15) is 18.0 Å². The van der Waals surface area contributed by atoms with Crippen LogP contribution in [0.25, 0.3) is 5.00 Å². The Labute approximate surface area is 168 Å². The van der Waals surface area contributed by atoms with Crippen LogP contribution in [0.3, 0.4) is 0 Å². The van der Waals surface area contributed by atoms with Crippen LogP contribution in [0, 0.1) is 0 Å². The van der Waals surface area contributed by atoms with Crippen LogP contribution < -0.4 is 11.0 Å². The molecule has 0 aliphatic carbocycles. The van der Waals surface area contributed by atoms with Crippen molar-refractivity contribution in [1.29, 1.82) is 0 Å². The number of piperidine rings is 1. The van der Waals surface area contributed by atoms with Crippen LogP contribution in [-0.2, 0) is 21.4 Å². The van der Waals surface area contributed by atoms with E-state index in [1.807, 2.05) is 31.4 Å². The summed E-state index contributed by atoms with van der Waals surface area (Å²) in [6, 6.07) is 3.61. The normalized spacial score (nSPS) is 18.5. The molecule has 1 fully saturated rings. The van der Waals surface area contributed by atoms with E-state index in [0.29, 0.717) is 23.8 Å². The minimum absolute atomic E-state index is 0.0382. The number of nitrogens with zero attached hydrogens (tertiary/aromatic N) is 4. The summed E-state index contributed by atoms with van der Waals surface area (Å²) < 4.78 is 28.0. The van der Waals surface area contributed by atoms with Gasteiger partial charge in [-0.1, -0.05) is 0 Å². The number of aromatic nitrogens is 3. The molecule has 1 unspecified atom stereocenters. The van der Waals surface area contributed by atoms with Gasteiger partial charge in [0.1, 0.15) is 17.4 Å². The van der Waals surface area contributed by atoms with Crippen LogP contribution in [0.1, 0.15) is 38.4 Å². The molecule has 1 aliphatic heterocycles. The SMILES string of the molecule is CC(C)NC(=O)Cn1nc(C2CCCN(S(C)(=O)=O)C2)n(-c2cccs2)c1=O. The quantitative estimate of drug-likeness (QED) is 0.733. The molecule has 1 N–H and O–H groups in total. The second-order valence-corrected chi connectivity index (χ2v) is 10.2. The first-order chi connectivity index (χ1) is 13.2. The van der Waals surface area contributed by atoms with Gasteiger partial charge in [0.25, 0.3) is 0 Å². The number of rotatable bonds is 6. The largest absolute Gasteiger partial charge is 0.352 e. The van der Waals surface area contributed by atoms with Crippen LogP contribution in [0.4, 0.5) is 0 Å². The Morgan fingerprint density at radius 1 is 1.43 bits per heavy atom. The molecule has 1 amide bonds. The molecule has 1 atom stereocenters. The summed E-state index contributed by atoms with van der Waals surface area (Å²) in [5.74, 6) is -0.00767. The van der Waals surface area contributed by atoms with Crippen molar-refractivity contribution in [2.24, 2.45) is 0 Å². The number of hydrogen-bond donors (Lipinski definition) is 1. The Kier molecular flexibility index (Phi) is 6.06. The standard InChI is InChI=1S/C17H25N5O4S2/c1-12(2)18-14(23)11-21-17(24)22(15-7-5-9-27-15)16(19-21)13-6-4-8-20(10-13)28(3,25)26/h5,7,9,12-13H,4,6,8,10-11H2,1-3H3,(H,18,23). The highest BCUT2D eigenvalue weighted by molar-refractivity contribution is 7.88. The minimum Gasteiger partial charge on any atom is -0.352 e. The lowest BCUT2D eigenvalue weighted by atomic mass is 9.99. The van der Waals surface area contributed by atoms with Crippen LogP contribution in [0.2, 0.25) is 0 Å². The summed E-state index contributed by atoms with van der Waals surface area (Å²) in [7, 11) is -3.32. The lowest BCUT2D eigenvalue weighted by molar-refractivity contribution is -0.122. The maximum atomic E-state index is 13.0. The summed E-state index contributed by atoms with van der Waals surface area (Å²) in [5, 5.41) is 9.76. The molecule has 9 nitrogen and oxygen atoms in total. The molecule has 28 heavy (non-hydrogen) atoms. The Balaban J connectivity index is 1.99. The summed E-state index contributed by atoms with van der Waals surface area (Å²) in [5.41, 5.74) is -0.396. The average molecular weight is 428 g/mol. The first-order valence-electron chi connectivity index (χ1n) is 9.15. The van der Waals surface area contributed by atoms with Crippen molar-refractivity contribution < 1.29 is 13.2 Å². The lowest BCUT2D eigenvalue weighted by Gasteiger charge is -2.30. The van der Waals surface area contributed by atoms with E-state index in [-0.39, 0.29) is 31.0 Å². The first kappa shape index (κ1) is 20.7. The van der Waals surface area contributed by atoms with E-state index in [1.54, 1.807) is 0 Å². The van der Waals surface area contributed by atoms with Crippen LogP contribution in [0.5, 0.6) is 0 Å². The molecule has 11 heteroatoms. The third-order valence-corrected chi connectivity index (χ3v) is 6.68. The van der Waals surface area contributed by atoms with Gasteiger partial charge in [-0.05, 0) is 44.2 Å². The molecular weight excluding hydrogens is 402 g/mol. The van der Waals surface area contributed by atoms with Crippen molar-refractivity contribution in [3.63, 3.8) is 0 Å². The molecular formula is C17H25N5O4S2. The molecule has 1 saturated heterocycles. The van der Waals surface area contributed by atoms with Gasteiger partial charge in [0.2, 0.25) is 15.9 Å². The molecule has 0 radical (unpaired) electrons. The molecule has 1 aliphatic rings. The Morgan fingerprint density at radius 2 is 2.18 bits per heavy atom. The number of carbonyl (C=O) groups excluding carboxylic acids is 1. The zero-order valence-electron chi connectivity index (χ0n) is 16.2. The lowest BCUT2D eigenvalue weighted by Crippen LogP contribution is -2.39. The van der Waals surface area contributed by atoms with E-state index < -0.39 is 15.7 Å². The number of sulfonamides is 1. The van der Waals surface area contributed by atoms with Gasteiger partial charge in [0, 0.05) is 25.0 Å². The fourth-order valence-electron chi connectivity index (χ4n) is 3.35. The van der Waals surface area contributed by atoms with Crippen molar-refractivity contribution in [2.45, 2.75) is 45.2 Å². The second kappa shape index (κ2) is 8.18. The highest BCUT2D eigenvalue weighted by Crippen LogP contribution is 2.28. The van der Waals surface area contributed by atoms with Gasteiger partial charge in [-0.25, -0.2) is 26.8 Å². The Morgan fingerprint density at radius 3 is 2.79 bits per heavy atom. The zero-order chi connectivity index (χ0) is 20.5. The molecule has 0 bridgehead atoms. The summed E-state index contributed by atoms with van der Waals surface area (Å²) in [6.07, 6.45) is 2.61. The van der Waals surface area contributed by atoms with E-state index in [1.165, 1.54) is 26.5 Å². The number of amides is 1. The average Bonchev–Trinajstić information content (AvgIpc) is 3.22. The van der Waals surface area contributed by atoms with Crippen LogP contribution >= 0.6 is 11.3 Å². The summed E-state index contributed by atoms with van der Waals surface area (Å²) in [4.78, 5) is 25.1. The smallest absolute Gasteiger partial charge is 0.351 e. The molecule has 3 heterocycles. The number of nitrogens with one attached hydrogen (secondary N) is 1. The maximum absolute atomic E-state index is 13.0. The van der Waals surface area contributed by atoms with Crippen molar-refractivity contribution in [2.75, 3.05) is 19.3 Å². The predicted octanol–water partition coefficient (Wildman–Crippen LogP) is 0.759. The van der Waals surface area contributed by atoms with Gasteiger partial charge in [0.05, 0.1) is 6.26 Å². The van der Waals surface area contributed by atoms with E-state index in [4.69, 9.17) is 0 Å². The second-order valence-electron chi connectivity index (χ2n) is 7.27. The zero-order valence-corrected chi connectivity index (χ0v) is 17.8. The Bertz CT molecular complexity index is 991. The van der Waals surface area contributed by atoms with Gasteiger partial charge in [-0.3, -0.25) is 4.79 Å². The molecule has 2 aromatic heterocycles. The molecule has 154 valence electrons. The van der Waals surface area contributed by atoms with Crippen molar-refractivity contribution in [1.82, 2.24) is 24.0 Å². The van der Waals surface area contributed by atoms with Gasteiger partial charge in [0.15, 0.2) is 0 Å². The molecule has 2 aromatic rings. The summed E-state index contributed by atoms with van der Waals surface area (Å²) in [6.45, 7) is 4.26. The van der Waals surface area contributed by atoms with Crippen LogP contribution in [0.15, 0.2) is 22.3 Å². The number of carbonyl (C=O) groups is 1. The Hall–Kier alpha value is -1.98. The highest BCUT2D eigenvalue weighted by atomic mass is 32.2. The van der Waals surface area contributed by atoms with Crippen molar-refractivity contribution in [3.05, 3.63) is 33.8 Å². The summed E-state index contributed by atoms with van der Waals surface area (Å²) >= 11 is 1.39. The monoisotopic (exact) mass is 427 g/mol. The van der Waals surface area contributed by atoms with Gasteiger partial charge in [-0.2, -0.15) is 5.10 Å². The van der Waals surface area contributed by atoms with Crippen LogP contribution in [-0.4, -0.2) is 58.4 Å². The number of thiophene rings is 1. The fraction of sp³-hybridized carbons (Fsp3) is 0.588. The molecule has 3 rings (SSSR count). The van der Waals surface area contributed by atoms with Gasteiger partial charge in [-0.15, -0.1) is 11.3 Å². The third kappa shape index (κ3) is 4.53. The van der Waals surface area contributed by atoms with Crippen molar-refractivity contribution >= 4 is 27.3 Å². The molecule has 0 saturated carbocycles. The van der Waals surface area contributed by atoms with Gasteiger partial charge >= 0.3 is 5.69 Å². The highest BCUT2D eigenvalue weighted by Gasteiger charge is 2.32. The predicted molar refractivity (Wildman–Crippen MR) is 107 cm³/mol. The van der Waals surface area contributed by atoms with E-state index in [0.717, 1.165) is 11.1 Å². The molecule has 0 spiro atoms. The fourth-order valence-corrected chi connectivity index (χ4v) is 5.00. The first-order valence-corrected chi connectivity index (χ1v) is 11.9. The van der Waals surface area contributed by atoms with Crippen molar-refractivity contribution in [3.8, 4) is 5.00 Å². The van der Waals surface area contributed by atoms with E-state index >= 15 is 0 Å². The van der Waals surface area contributed by atoms with Gasteiger partial charge < -0.3 is 5.32 Å². The molecule has 0 aromatic carbocycles. The maximum Gasteiger partial charge on any atom is 0.351 e.